The fourth-order valence-corrected chi connectivity index (χ4v) is 4.36. The Morgan fingerprint density at radius 3 is 2.53 bits per heavy atom. The van der Waals surface area contributed by atoms with E-state index in [1.54, 1.807) is 18.2 Å². The average molecular weight is 444 g/mol. The first-order valence-electron chi connectivity index (χ1n) is 9.91. The minimum atomic E-state index is -0.102. The van der Waals surface area contributed by atoms with Crippen LogP contribution in [0.25, 0.3) is 11.3 Å². The molecule has 0 amide bonds. The van der Waals surface area contributed by atoms with Gasteiger partial charge in [-0.15, -0.1) is 0 Å². The van der Waals surface area contributed by atoms with Crippen LogP contribution in [0.5, 0.6) is 0 Å². The number of nitrogens with zero attached hydrogens (tertiary/aromatic N) is 3. The lowest BCUT2D eigenvalue weighted by atomic mass is 10.0. The van der Waals surface area contributed by atoms with Crippen molar-refractivity contribution in [3.05, 3.63) is 69.2 Å². The summed E-state index contributed by atoms with van der Waals surface area (Å²) in [5.41, 5.74) is 4.14. The first kappa shape index (κ1) is 20.9. The third kappa shape index (κ3) is 4.38. The van der Waals surface area contributed by atoms with Gasteiger partial charge in [0.25, 0.3) is 0 Å². The van der Waals surface area contributed by atoms with Gasteiger partial charge in [-0.1, -0.05) is 58.2 Å². The van der Waals surface area contributed by atoms with E-state index >= 15 is 0 Å². The minimum Gasteiger partial charge on any atom is -0.337 e. The molecule has 0 bridgehead atoms. The summed E-state index contributed by atoms with van der Waals surface area (Å²) in [6.45, 7) is 7.82. The molecule has 0 N–H and O–H groups in total. The van der Waals surface area contributed by atoms with Crippen molar-refractivity contribution in [2.75, 3.05) is 31.1 Å². The Morgan fingerprint density at radius 2 is 1.87 bits per heavy atom. The number of piperazine rings is 1. The fraction of sp³-hybridized carbons (Fsp3) is 0.304. The maximum absolute atomic E-state index is 12.5. The normalized spacial score (nSPS) is 14.9. The maximum atomic E-state index is 12.5. The smallest absolute Gasteiger partial charge is 0.238 e. The van der Waals surface area contributed by atoms with Crippen LogP contribution >= 0.6 is 23.2 Å². The molecule has 0 radical (unpaired) electrons. The fourth-order valence-electron chi connectivity index (χ4n) is 3.86. The summed E-state index contributed by atoms with van der Waals surface area (Å²) in [5, 5.41) is 5.16. The van der Waals surface area contributed by atoms with Gasteiger partial charge < -0.3 is 9.42 Å². The Balaban J connectivity index is 1.52. The largest absolute Gasteiger partial charge is 0.337 e. The molecule has 156 valence electrons. The number of carbonyl (C=O) groups excluding carboxylic acids is 1. The average Bonchev–Trinajstić information content (AvgIpc) is 3.14. The van der Waals surface area contributed by atoms with Gasteiger partial charge in [0.1, 0.15) is 11.3 Å². The molecule has 3 aromatic rings. The lowest BCUT2D eigenvalue weighted by molar-refractivity contribution is 0.101. The van der Waals surface area contributed by atoms with Crippen molar-refractivity contribution in [3.63, 3.8) is 0 Å². The van der Waals surface area contributed by atoms with Crippen LogP contribution in [0.1, 0.15) is 28.4 Å². The van der Waals surface area contributed by atoms with Crippen molar-refractivity contribution in [2.45, 2.75) is 20.4 Å². The third-order valence-electron chi connectivity index (χ3n) is 5.36. The molecule has 1 aliphatic heterocycles. The number of rotatable bonds is 5. The van der Waals surface area contributed by atoms with E-state index in [-0.39, 0.29) is 5.78 Å². The monoisotopic (exact) mass is 443 g/mol. The number of hydrogen-bond acceptors (Lipinski definition) is 5. The van der Waals surface area contributed by atoms with Gasteiger partial charge in [-0.2, -0.15) is 0 Å². The Labute approximate surface area is 186 Å². The molecular formula is C23H23Cl2N3O2. The van der Waals surface area contributed by atoms with Gasteiger partial charge in [0, 0.05) is 43.3 Å². The second-order valence-corrected chi connectivity index (χ2v) is 8.49. The molecule has 0 saturated carbocycles. The topological polar surface area (TPSA) is 49.6 Å². The van der Waals surface area contributed by atoms with Gasteiger partial charge in [0.05, 0.1) is 5.02 Å². The SMILES string of the molecule is CC(=O)c1c(-c2ccc(Cl)cc2Cl)noc1N1CCN(Cc2cccc(C)c2)CC1. The van der Waals surface area contributed by atoms with E-state index in [9.17, 15) is 4.79 Å². The summed E-state index contributed by atoms with van der Waals surface area (Å²) in [6, 6.07) is 13.7. The highest BCUT2D eigenvalue weighted by atomic mass is 35.5. The van der Waals surface area contributed by atoms with Crippen molar-refractivity contribution < 1.29 is 9.32 Å². The zero-order valence-corrected chi connectivity index (χ0v) is 18.5. The van der Waals surface area contributed by atoms with Crippen molar-refractivity contribution in [3.8, 4) is 11.3 Å². The molecule has 1 saturated heterocycles. The number of aryl methyl sites for hydroxylation is 1. The maximum Gasteiger partial charge on any atom is 0.238 e. The van der Waals surface area contributed by atoms with Crippen LogP contribution in [0.2, 0.25) is 10.0 Å². The highest BCUT2D eigenvalue weighted by molar-refractivity contribution is 6.36. The molecule has 1 fully saturated rings. The molecule has 7 heteroatoms. The van der Waals surface area contributed by atoms with Gasteiger partial charge in [0.2, 0.25) is 5.88 Å². The first-order valence-corrected chi connectivity index (χ1v) is 10.7. The predicted molar refractivity (Wildman–Crippen MR) is 121 cm³/mol. The molecule has 30 heavy (non-hydrogen) atoms. The van der Waals surface area contributed by atoms with Crippen LogP contribution in [-0.4, -0.2) is 42.0 Å². The van der Waals surface area contributed by atoms with Crippen LogP contribution in [0.4, 0.5) is 5.88 Å². The summed E-state index contributed by atoms with van der Waals surface area (Å²) in [7, 11) is 0. The number of ketones is 1. The summed E-state index contributed by atoms with van der Waals surface area (Å²) in [5.74, 6) is 0.410. The van der Waals surface area contributed by atoms with E-state index in [1.807, 2.05) is 0 Å². The van der Waals surface area contributed by atoms with Gasteiger partial charge in [-0.05, 0) is 37.6 Å². The quantitative estimate of drug-likeness (QED) is 0.488. The van der Waals surface area contributed by atoms with Crippen LogP contribution in [0.3, 0.4) is 0 Å². The second-order valence-electron chi connectivity index (χ2n) is 7.64. The zero-order valence-electron chi connectivity index (χ0n) is 17.0. The standard InChI is InChI=1S/C23H23Cl2N3O2/c1-15-4-3-5-17(12-15)14-27-8-10-28(11-9-27)23-21(16(2)29)22(26-30-23)19-7-6-18(24)13-20(19)25/h3-7,12-13H,8-11,14H2,1-2H3. The molecule has 1 aliphatic rings. The zero-order chi connectivity index (χ0) is 21.3. The Morgan fingerprint density at radius 1 is 1.10 bits per heavy atom. The molecule has 1 aromatic heterocycles. The number of halogens is 2. The van der Waals surface area contributed by atoms with E-state index in [2.05, 4.69) is 46.1 Å². The van der Waals surface area contributed by atoms with Gasteiger partial charge in [-0.25, -0.2) is 0 Å². The van der Waals surface area contributed by atoms with Crippen molar-refractivity contribution >= 4 is 34.9 Å². The Bertz CT molecular complexity index is 1070. The molecule has 0 atom stereocenters. The number of aromatic nitrogens is 1. The van der Waals surface area contributed by atoms with E-state index in [1.165, 1.54) is 18.1 Å². The van der Waals surface area contributed by atoms with Crippen molar-refractivity contribution in [2.24, 2.45) is 0 Å². The van der Waals surface area contributed by atoms with Gasteiger partial charge in [-0.3, -0.25) is 9.69 Å². The second kappa shape index (κ2) is 8.80. The molecule has 5 nitrogen and oxygen atoms in total. The first-order chi connectivity index (χ1) is 14.4. The van der Waals surface area contributed by atoms with Crippen molar-refractivity contribution in [1.29, 1.82) is 0 Å². The number of benzene rings is 2. The van der Waals surface area contributed by atoms with Crippen LogP contribution in [-0.2, 0) is 6.54 Å². The Hall–Kier alpha value is -2.34. The molecule has 4 rings (SSSR count). The van der Waals surface area contributed by atoms with E-state index in [0.717, 1.165) is 32.7 Å². The summed E-state index contributed by atoms with van der Waals surface area (Å²) in [4.78, 5) is 17.0. The van der Waals surface area contributed by atoms with Gasteiger partial charge in [0.15, 0.2) is 5.78 Å². The minimum absolute atomic E-state index is 0.102. The Kier molecular flexibility index (Phi) is 6.14. The molecular weight excluding hydrogens is 421 g/mol. The molecule has 2 heterocycles. The number of Topliss-reactive ketones (excluding diaryl/α,β-unsaturated/α-hetero) is 1. The number of anilines is 1. The highest BCUT2D eigenvalue weighted by Crippen LogP contribution is 2.36. The lowest BCUT2D eigenvalue weighted by Gasteiger charge is -2.34. The van der Waals surface area contributed by atoms with E-state index < -0.39 is 0 Å². The molecule has 2 aromatic carbocycles. The number of hydrogen-bond donors (Lipinski definition) is 0. The van der Waals surface area contributed by atoms with E-state index in [4.69, 9.17) is 27.7 Å². The summed E-state index contributed by atoms with van der Waals surface area (Å²) >= 11 is 12.4. The summed E-state index contributed by atoms with van der Waals surface area (Å²) < 4.78 is 5.65. The van der Waals surface area contributed by atoms with Crippen LogP contribution in [0, 0.1) is 6.92 Å². The molecule has 0 spiro atoms. The third-order valence-corrected chi connectivity index (χ3v) is 5.91. The lowest BCUT2D eigenvalue weighted by Crippen LogP contribution is -2.46. The highest BCUT2D eigenvalue weighted by Gasteiger charge is 2.29. The summed E-state index contributed by atoms with van der Waals surface area (Å²) in [6.07, 6.45) is 0. The van der Waals surface area contributed by atoms with E-state index in [0.29, 0.717) is 32.8 Å². The van der Waals surface area contributed by atoms with Crippen LogP contribution < -0.4 is 4.90 Å². The number of carbonyl (C=O) groups is 1. The van der Waals surface area contributed by atoms with Gasteiger partial charge >= 0.3 is 0 Å². The molecule has 0 unspecified atom stereocenters. The van der Waals surface area contributed by atoms with Crippen LogP contribution in [0.15, 0.2) is 47.0 Å². The molecule has 0 aliphatic carbocycles. The van der Waals surface area contributed by atoms with Crippen molar-refractivity contribution in [1.82, 2.24) is 10.1 Å². The predicted octanol–water partition coefficient (Wildman–Crippen LogP) is 5.48.